The molecule has 2 aromatic rings. The highest BCUT2D eigenvalue weighted by molar-refractivity contribution is 9.10. The maximum absolute atomic E-state index is 13.3. The van der Waals surface area contributed by atoms with Crippen LogP contribution in [0.25, 0.3) is 0 Å². The summed E-state index contributed by atoms with van der Waals surface area (Å²) in [7, 11) is -2.09. The topological polar surface area (TPSA) is 78.0 Å². The van der Waals surface area contributed by atoms with Gasteiger partial charge in [-0.05, 0) is 40.5 Å². The zero-order valence-electron chi connectivity index (χ0n) is 11.6. The van der Waals surface area contributed by atoms with Crippen LogP contribution < -0.4 is 5.73 Å². The Hall–Kier alpha value is -1.41. The van der Waals surface area contributed by atoms with Gasteiger partial charge in [0.1, 0.15) is 5.82 Å². The molecule has 0 spiro atoms. The van der Waals surface area contributed by atoms with Gasteiger partial charge < -0.3 is 5.73 Å². The molecule has 0 aliphatic rings. The Morgan fingerprint density at radius 3 is 2.67 bits per heavy atom. The van der Waals surface area contributed by atoms with Crippen LogP contribution in [-0.4, -0.2) is 18.2 Å². The first-order valence-electron chi connectivity index (χ1n) is 6.24. The van der Waals surface area contributed by atoms with Crippen LogP contribution in [0.3, 0.4) is 0 Å². The average molecular weight is 376 g/mol. The van der Waals surface area contributed by atoms with Crippen molar-refractivity contribution in [3.8, 4) is 0 Å². The standard InChI is InChI=1S/C13H15BrFN3O2S/c1-3-10-13(14)11(18(2)17-10)7-21(19,20)12-6-8(15)4-5-9(12)16/h4-6H,3,7,16H2,1-2H3. The van der Waals surface area contributed by atoms with Gasteiger partial charge in [0.2, 0.25) is 0 Å². The molecule has 2 rings (SSSR count). The van der Waals surface area contributed by atoms with E-state index in [0.717, 1.165) is 17.8 Å². The number of aromatic nitrogens is 2. The highest BCUT2D eigenvalue weighted by Gasteiger charge is 2.24. The van der Waals surface area contributed by atoms with Crippen molar-refractivity contribution in [3.05, 3.63) is 39.9 Å². The first kappa shape index (κ1) is 16.0. The predicted octanol–water partition coefficient (Wildman–Crippen LogP) is 2.44. The minimum absolute atomic E-state index is 0.0328. The Morgan fingerprint density at radius 1 is 1.43 bits per heavy atom. The zero-order valence-corrected chi connectivity index (χ0v) is 14.0. The number of nitrogen functional groups attached to an aromatic ring is 1. The number of anilines is 1. The van der Waals surface area contributed by atoms with Crippen molar-refractivity contribution in [2.75, 3.05) is 5.73 Å². The Kier molecular flexibility index (Phi) is 4.38. The lowest BCUT2D eigenvalue weighted by Crippen LogP contribution is -2.11. The van der Waals surface area contributed by atoms with Gasteiger partial charge >= 0.3 is 0 Å². The average Bonchev–Trinajstić information content (AvgIpc) is 2.68. The number of aryl methyl sites for hydroxylation is 2. The quantitative estimate of drug-likeness (QED) is 0.832. The third-order valence-electron chi connectivity index (χ3n) is 3.14. The lowest BCUT2D eigenvalue weighted by atomic mass is 10.3. The fraction of sp³-hybridized carbons (Fsp3) is 0.308. The molecule has 0 saturated heterocycles. The van der Waals surface area contributed by atoms with Crippen molar-refractivity contribution in [1.82, 2.24) is 9.78 Å². The van der Waals surface area contributed by atoms with Crippen LogP contribution in [0.15, 0.2) is 27.6 Å². The summed E-state index contributed by atoms with van der Waals surface area (Å²) in [6, 6.07) is 3.32. The van der Waals surface area contributed by atoms with Crippen LogP contribution >= 0.6 is 15.9 Å². The fourth-order valence-electron chi connectivity index (χ4n) is 2.01. The molecule has 0 atom stereocenters. The van der Waals surface area contributed by atoms with Gasteiger partial charge in [-0.3, -0.25) is 4.68 Å². The summed E-state index contributed by atoms with van der Waals surface area (Å²) < 4.78 is 40.4. The van der Waals surface area contributed by atoms with Crippen molar-refractivity contribution in [3.63, 3.8) is 0 Å². The monoisotopic (exact) mass is 375 g/mol. The molecule has 0 unspecified atom stereocenters. The number of hydrogen-bond acceptors (Lipinski definition) is 4. The number of nitrogens with zero attached hydrogens (tertiary/aromatic N) is 2. The van der Waals surface area contributed by atoms with E-state index in [4.69, 9.17) is 5.73 Å². The zero-order chi connectivity index (χ0) is 15.8. The van der Waals surface area contributed by atoms with E-state index in [1.165, 1.54) is 10.7 Å². The van der Waals surface area contributed by atoms with E-state index in [1.54, 1.807) is 7.05 Å². The van der Waals surface area contributed by atoms with E-state index < -0.39 is 15.7 Å². The van der Waals surface area contributed by atoms with Crippen LogP contribution in [-0.2, 0) is 29.1 Å². The number of nitrogens with two attached hydrogens (primary N) is 1. The van der Waals surface area contributed by atoms with Crippen LogP contribution in [0.5, 0.6) is 0 Å². The molecule has 1 heterocycles. The normalized spacial score (nSPS) is 11.8. The molecule has 21 heavy (non-hydrogen) atoms. The molecule has 5 nitrogen and oxygen atoms in total. The summed E-state index contributed by atoms with van der Waals surface area (Å²) >= 11 is 3.37. The molecule has 0 fully saturated rings. The number of benzene rings is 1. The summed E-state index contributed by atoms with van der Waals surface area (Å²) in [5, 5.41) is 4.25. The van der Waals surface area contributed by atoms with E-state index in [9.17, 15) is 12.8 Å². The molecule has 0 aliphatic heterocycles. The van der Waals surface area contributed by atoms with Crippen molar-refractivity contribution < 1.29 is 12.8 Å². The van der Waals surface area contributed by atoms with E-state index in [2.05, 4.69) is 21.0 Å². The Labute approximate surface area is 131 Å². The number of sulfone groups is 1. The van der Waals surface area contributed by atoms with Crippen LogP contribution in [0.4, 0.5) is 10.1 Å². The van der Waals surface area contributed by atoms with Crippen molar-refractivity contribution in [2.45, 2.75) is 24.0 Å². The van der Waals surface area contributed by atoms with Gasteiger partial charge in [0, 0.05) is 7.05 Å². The predicted molar refractivity (Wildman–Crippen MR) is 82.0 cm³/mol. The molecule has 0 radical (unpaired) electrons. The lowest BCUT2D eigenvalue weighted by molar-refractivity contribution is 0.587. The van der Waals surface area contributed by atoms with Crippen molar-refractivity contribution >= 4 is 31.5 Å². The second-order valence-electron chi connectivity index (χ2n) is 4.63. The van der Waals surface area contributed by atoms with Gasteiger partial charge in [0.25, 0.3) is 0 Å². The van der Waals surface area contributed by atoms with E-state index in [0.29, 0.717) is 16.6 Å². The molecule has 0 saturated carbocycles. The minimum atomic E-state index is -3.76. The lowest BCUT2D eigenvalue weighted by Gasteiger charge is -2.08. The molecule has 0 bridgehead atoms. The third-order valence-corrected chi connectivity index (χ3v) is 5.73. The van der Waals surface area contributed by atoms with E-state index in [-0.39, 0.29) is 16.3 Å². The third kappa shape index (κ3) is 3.11. The molecule has 0 aliphatic carbocycles. The number of hydrogen-bond donors (Lipinski definition) is 1. The SMILES string of the molecule is CCc1nn(C)c(CS(=O)(=O)c2cc(F)ccc2N)c1Br. The first-order chi connectivity index (χ1) is 9.76. The molecule has 114 valence electrons. The second-order valence-corrected chi connectivity index (χ2v) is 7.38. The van der Waals surface area contributed by atoms with Gasteiger partial charge in [-0.15, -0.1) is 0 Å². The van der Waals surface area contributed by atoms with Gasteiger partial charge in [-0.25, -0.2) is 12.8 Å². The molecular weight excluding hydrogens is 361 g/mol. The molecule has 8 heteroatoms. The van der Waals surface area contributed by atoms with Crippen LogP contribution in [0.1, 0.15) is 18.3 Å². The van der Waals surface area contributed by atoms with E-state index in [1.807, 2.05) is 6.92 Å². The molecule has 2 N–H and O–H groups in total. The first-order valence-corrected chi connectivity index (χ1v) is 8.68. The Balaban J connectivity index is 2.47. The van der Waals surface area contributed by atoms with Crippen LogP contribution in [0.2, 0.25) is 0 Å². The molecular formula is C13H15BrFN3O2S. The highest BCUT2D eigenvalue weighted by atomic mass is 79.9. The molecule has 1 aromatic carbocycles. The van der Waals surface area contributed by atoms with Gasteiger partial charge in [0.05, 0.1) is 32.2 Å². The summed E-state index contributed by atoms with van der Waals surface area (Å²) in [6.07, 6.45) is 0.677. The Bertz CT molecular complexity index is 787. The summed E-state index contributed by atoms with van der Waals surface area (Å²) in [5.41, 5.74) is 6.97. The van der Waals surface area contributed by atoms with Gasteiger partial charge in [-0.2, -0.15) is 5.10 Å². The van der Waals surface area contributed by atoms with Gasteiger partial charge in [0.15, 0.2) is 9.84 Å². The second kappa shape index (κ2) is 5.76. The number of rotatable bonds is 4. The maximum atomic E-state index is 13.3. The largest absolute Gasteiger partial charge is 0.398 e. The molecule has 1 aromatic heterocycles. The Morgan fingerprint density at radius 2 is 2.10 bits per heavy atom. The highest BCUT2D eigenvalue weighted by Crippen LogP contribution is 2.28. The summed E-state index contributed by atoms with van der Waals surface area (Å²) in [5.74, 6) is -0.939. The summed E-state index contributed by atoms with van der Waals surface area (Å²) in [6.45, 7) is 1.93. The van der Waals surface area contributed by atoms with E-state index >= 15 is 0 Å². The smallest absolute Gasteiger partial charge is 0.186 e. The minimum Gasteiger partial charge on any atom is -0.398 e. The number of halogens is 2. The summed E-state index contributed by atoms with van der Waals surface area (Å²) in [4.78, 5) is -0.200. The van der Waals surface area contributed by atoms with Crippen molar-refractivity contribution in [2.24, 2.45) is 7.05 Å². The fourth-order valence-corrected chi connectivity index (χ4v) is 4.52. The maximum Gasteiger partial charge on any atom is 0.186 e. The molecule has 0 amide bonds. The van der Waals surface area contributed by atoms with Crippen molar-refractivity contribution in [1.29, 1.82) is 0 Å². The van der Waals surface area contributed by atoms with Gasteiger partial charge in [-0.1, -0.05) is 6.92 Å². The van der Waals surface area contributed by atoms with Crippen LogP contribution in [0, 0.1) is 5.82 Å².